The summed E-state index contributed by atoms with van der Waals surface area (Å²) < 4.78 is 13.5. The van der Waals surface area contributed by atoms with E-state index in [0.717, 1.165) is 35.3 Å². The number of nitrogens with one attached hydrogen (secondary N) is 1. The Balaban J connectivity index is 1.52. The maximum Gasteiger partial charge on any atom is 0.249 e. The summed E-state index contributed by atoms with van der Waals surface area (Å²) in [4.78, 5) is 27.7. The summed E-state index contributed by atoms with van der Waals surface area (Å²) in [6.07, 6.45) is 1.26. The van der Waals surface area contributed by atoms with E-state index in [0.29, 0.717) is 30.6 Å². The molecule has 0 aromatic heterocycles. The van der Waals surface area contributed by atoms with E-state index < -0.39 is 11.8 Å². The lowest BCUT2D eigenvalue weighted by atomic mass is 9.85. The second-order valence-electron chi connectivity index (χ2n) is 8.44. The first-order chi connectivity index (χ1) is 15.9. The normalized spacial score (nSPS) is 13.5. The van der Waals surface area contributed by atoms with Gasteiger partial charge in [-0.2, -0.15) is 0 Å². The Morgan fingerprint density at radius 2 is 1.88 bits per heavy atom. The van der Waals surface area contributed by atoms with Crippen LogP contribution in [0.3, 0.4) is 0 Å². The lowest BCUT2D eigenvalue weighted by Gasteiger charge is -2.23. The molecule has 0 saturated heterocycles. The van der Waals surface area contributed by atoms with Crippen LogP contribution in [0.1, 0.15) is 38.5 Å². The van der Waals surface area contributed by atoms with Crippen molar-refractivity contribution in [2.45, 2.75) is 25.7 Å². The topological polar surface area (TPSA) is 75.4 Å². The molecule has 6 heteroatoms. The molecule has 0 unspecified atom stereocenters. The van der Waals surface area contributed by atoms with Gasteiger partial charge in [-0.1, -0.05) is 42.5 Å². The number of anilines is 1. The van der Waals surface area contributed by atoms with Crippen molar-refractivity contribution in [1.29, 1.82) is 0 Å². The molecule has 1 heterocycles. The highest BCUT2D eigenvalue weighted by Crippen LogP contribution is 2.29. The van der Waals surface area contributed by atoms with Crippen LogP contribution < -0.4 is 16.0 Å². The van der Waals surface area contributed by atoms with Gasteiger partial charge in [0.1, 0.15) is 5.82 Å². The van der Waals surface area contributed by atoms with Crippen molar-refractivity contribution >= 4 is 17.5 Å². The number of halogens is 1. The van der Waals surface area contributed by atoms with Crippen LogP contribution in [0.4, 0.5) is 10.1 Å². The number of carbonyl (C=O) groups excluding carboxylic acids is 2. The van der Waals surface area contributed by atoms with Crippen LogP contribution in [0, 0.1) is 12.7 Å². The molecule has 3 aromatic rings. The fourth-order valence-electron chi connectivity index (χ4n) is 4.64. The van der Waals surface area contributed by atoms with Gasteiger partial charge in [0.2, 0.25) is 11.8 Å². The second kappa shape index (κ2) is 9.86. The number of nitrogens with zero attached hydrogens (tertiary/aromatic N) is 1. The molecule has 0 aliphatic carbocycles. The molecule has 3 N–H and O–H groups in total. The maximum atomic E-state index is 13.5. The van der Waals surface area contributed by atoms with Crippen molar-refractivity contribution < 1.29 is 14.0 Å². The predicted molar refractivity (Wildman–Crippen MR) is 128 cm³/mol. The van der Waals surface area contributed by atoms with Gasteiger partial charge in [0, 0.05) is 30.9 Å². The van der Waals surface area contributed by atoms with Crippen LogP contribution in [0.25, 0.3) is 0 Å². The molecule has 0 fully saturated rings. The molecule has 2 amide bonds. The Bertz CT molecular complexity index is 1160. The van der Waals surface area contributed by atoms with E-state index in [-0.39, 0.29) is 11.7 Å². The fraction of sp³-hybridized carbons (Fsp3) is 0.259. The maximum absolute atomic E-state index is 13.5. The SMILES string of the molecule is Cc1cccc(C(N)=O)c1[C@H](Cc1ccccc1)C(=O)NCCN1CCc2cc(F)ccc21. The molecular weight excluding hydrogens is 417 g/mol. The molecular formula is C27H28FN3O2. The third kappa shape index (κ3) is 5.06. The Hall–Kier alpha value is -3.67. The summed E-state index contributed by atoms with van der Waals surface area (Å²) in [7, 11) is 0. The van der Waals surface area contributed by atoms with Gasteiger partial charge in [-0.15, -0.1) is 0 Å². The monoisotopic (exact) mass is 445 g/mol. The predicted octanol–water partition coefficient (Wildman–Crippen LogP) is 3.74. The van der Waals surface area contributed by atoms with E-state index in [9.17, 15) is 14.0 Å². The first-order valence-corrected chi connectivity index (χ1v) is 11.2. The highest BCUT2D eigenvalue weighted by Gasteiger charge is 2.27. The molecule has 0 spiro atoms. The second-order valence-corrected chi connectivity index (χ2v) is 8.44. The number of aryl methyl sites for hydroxylation is 1. The fourth-order valence-corrected chi connectivity index (χ4v) is 4.64. The highest BCUT2D eigenvalue weighted by molar-refractivity contribution is 5.97. The molecule has 0 radical (unpaired) electrons. The van der Waals surface area contributed by atoms with E-state index in [1.807, 2.05) is 43.3 Å². The lowest BCUT2D eigenvalue weighted by Crippen LogP contribution is -2.38. The average molecular weight is 446 g/mol. The number of rotatable bonds is 8. The Kier molecular flexibility index (Phi) is 6.73. The number of fused-ring (bicyclic) bond motifs is 1. The van der Waals surface area contributed by atoms with Crippen molar-refractivity contribution in [2.75, 3.05) is 24.5 Å². The highest BCUT2D eigenvalue weighted by atomic mass is 19.1. The molecule has 170 valence electrons. The van der Waals surface area contributed by atoms with Crippen molar-refractivity contribution in [1.82, 2.24) is 5.32 Å². The molecule has 33 heavy (non-hydrogen) atoms. The number of benzene rings is 3. The number of carbonyl (C=O) groups is 2. The van der Waals surface area contributed by atoms with E-state index in [1.54, 1.807) is 24.3 Å². The minimum Gasteiger partial charge on any atom is -0.369 e. The third-order valence-corrected chi connectivity index (χ3v) is 6.25. The van der Waals surface area contributed by atoms with E-state index >= 15 is 0 Å². The Morgan fingerprint density at radius 3 is 2.64 bits per heavy atom. The van der Waals surface area contributed by atoms with E-state index in [4.69, 9.17) is 5.73 Å². The molecule has 0 saturated carbocycles. The Morgan fingerprint density at radius 1 is 1.09 bits per heavy atom. The summed E-state index contributed by atoms with van der Waals surface area (Å²) >= 11 is 0. The minimum absolute atomic E-state index is 0.144. The molecule has 1 aliphatic heterocycles. The lowest BCUT2D eigenvalue weighted by molar-refractivity contribution is -0.122. The summed E-state index contributed by atoms with van der Waals surface area (Å²) in [6.45, 7) is 3.76. The quantitative estimate of drug-likeness (QED) is 0.555. The van der Waals surface area contributed by atoms with Crippen LogP contribution in [0.15, 0.2) is 66.7 Å². The van der Waals surface area contributed by atoms with E-state index in [1.165, 1.54) is 6.07 Å². The standard InChI is InChI=1S/C27H28FN3O2/c1-18-6-5-9-22(26(29)32)25(18)23(16-19-7-3-2-4-8-19)27(33)30-13-15-31-14-12-20-17-21(28)10-11-24(20)31/h2-11,17,23H,12-16H2,1H3,(H2,29,32)(H,30,33)/t23-/m0/s1. The van der Waals surface area contributed by atoms with Crippen molar-refractivity contribution in [3.05, 3.63) is 100 Å². The first-order valence-electron chi connectivity index (χ1n) is 11.2. The molecule has 5 nitrogen and oxygen atoms in total. The number of hydrogen-bond donors (Lipinski definition) is 2. The zero-order chi connectivity index (χ0) is 23.4. The summed E-state index contributed by atoms with van der Waals surface area (Å²) in [5.41, 5.74) is 10.6. The molecule has 4 rings (SSSR count). The summed E-state index contributed by atoms with van der Waals surface area (Å²) in [6, 6.07) is 19.9. The van der Waals surface area contributed by atoms with Crippen LogP contribution in [-0.4, -0.2) is 31.4 Å². The Labute approximate surface area is 193 Å². The summed E-state index contributed by atoms with van der Waals surface area (Å²) in [5, 5.41) is 3.06. The van der Waals surface area contributed by atoms with Gasteiger partial charge >= 0.3 is 0 Å². The van der Waals surface area contributed by atoms with Crippen LogP contribution >= 0.6 is 0 Å². The number of nitrogens with two attached hydrogens (primary N) is 1. The number of primary amides is 1. The zero-order valence-electron chi connectivity index (χ0n) is 18.7. The molecule has 0 bridgehead atoms. The van der Waals surface area contributed by atoms with E-state index in [2.05, 4.69) is 10.2 Å². The summed E-state index contributed by atoms with van der Waals surface area (Å²) in [5.74, 6) is -1.46. The minimum atomic E-state index is -0.545. The van der Waals surface area contributed by atoms with Crippen LogP contribution in [0.2, 0.25) is 0 Å². The number of hydrogen-bond acceptors (Lipinski definition) is 3. The van der Waals surface area contributed by atoms with Gasteiger partial charge in [0.25, 0.3) is 0 Å². The largest absolute Gasteiger partial charge is 0.369 e. The van der Waals surface area contributed by atoms with Gasteiger partial charge in [-0.25, -0.2) is 4.39 Å². The molecule has 3 aromatic carbocycles. The zero-order valence-corrected chi connectivity index (χ0v) is 18.7. The van der Waals surface area contributed by atoms with Crippen molar-refractivity contribution in [3.8, 4) is 0 Å². The average Bonchev–Trinajstić information content (AvgIpc) is 3.20. The molecule has 1 atom stereocenters. The van der Waals surface area contributed by atoms with Crippen LogP contribution in [-0.2, 0) is 17.6 Å². The van der Waals surface area contributed by atoms with Gasteiger partial charge in [-0.05, 0) is 66.3 Å². The van der Waals surface area contributed by atoms with Gasteiger partial charge in [0.05, 0.1) is 5.92 Å². The van der Waals surface area contributed by atoms with Gasteiger partial charge < -0.3 is 16.0 Å². The van der Waals surface area contributed by atoms with Gasteiger partial charge in [0.15, 0.2) is 0 Å². The van der Waals surface area contributed by atoms with Crippen molar-refractivity contribution in [2.24, 2.45) is 5.73 Å². The third-order valence-electron chi connectivity index (χ3n) is 6.25. The smallest absolute Gasteiger partial charge is 0.249 e. The molecule has 1 aliphatic rings. The van der Waals surface area contributed by atoms with Gasteiger partial charge in [-0.3, -0.25) is 9.59 Å². The number of amides is 2. The first kappa shape index (κ1) is 22.5. The van der Waals surface area contributed by atoms with Crippen LogP contribution in [0.5, 0.6) is 0 Å². The van der Waals surface area contributed by atoms with Crippen molar-refractivity contribution in [3.63, 3.8) is 0 Å².